The molecule has 0 amide bonds. The third-order valence-electron chi connectivity index (χ3n) is 3.83. The van der Waals surface area contributed by atoms with Crippen LogP contribution in [0.3, 0.4) is 0 Å². The van der Waals surface area contributed by atoms with Crippen LogP contribution in [0.2, 0.25) is 0 Å². The minimum absolute atomic E-state index is 0.555. The van der Waals surface area contributed by atoms with Crippen molar-refractivity contribution in [2.24, 2.45) is 0 Å². The van der Waals surface area contributed by atoms with Gasteiger partial charge in [0.15, 0.2) is 0 Å². The normalized spacial score (nSPS) is 25.2. The van der Waals surface area contributed by atoms with Gasteiger partial charge in [0.25, 0.3) is 0 Å². The van der Waals surface area contributed by atoms with Gasteiger partial charge in [-0.15, -0.1) is 0 Å². The molecule has 1 aromatic rings. The molecule has 2 atom stereocenters. The summed E-state index contributed by atoms with van der Waals surface area (Å²) in [5.74, 6) is 0. The van der Waals surface area contributed by atoms with E-state index in [4.69, 9.17) is 0 Å². The van der Waals surface area contributed by atoms with Crippen molar-refractivity contribution in [2.75, 3.05) is 19.6 Å². The van der Waals surface area contributed by atoms with Crippen molar-refractivity contribution in [1.82, 2.24) is 10.2 Å². The monoisotopic (exact) mass is 246 g/mol. The van der Waals surface area contributed by atoms with E-state index in [0.717, 1.165) is 6.54 Å². The van der Waals surface area contributed by atoms with E-state index >= 15 is 0 Å². The second kappa shape index (κ2) is 6.91. The summed E-state index contributed by atoms with van der Waals surface area (Å²) >= 11 is 0. The molecule has 0 saturated carbocycles. The lowest BCUT2D eigenvalue weighted by Crippen LogP contribution is -2.52. The minimum Gasteiger partial charge on any atom is -0.311 e. The first-order chi connectivity index (χ1) is 8.85. The Morgan fingerprint density at radius 1 is 1.17 bits per heavy atom. The first kappa shape index (κ1) is 13.6. The van der Waals surface area contributed by atoms with Crippen molar-refractivity contribution in [1.29, 1.82) is 0 Å². The number of nitrogens with zero attached hydrogens (tertiary/aromatic N) is 1. The maximum atomic E-state index is 3.72. The van der Waals surface area contributed by atoms with Crippen LogP contribution >= 0.6 is 0 Å². The minimum atomic E-state index is 0.555. The summed E-state index contributed by atoms with van der Waals surface area (Å²) in [6.07, 6.45) is 3.80. The van der Waals surface area contributed by atoms with Crippen molar-refractivity contribution in [3.63, 3.8) is 0 Å². The molecule has 18 heavy (non-hydrogen) atoms. The predicted octanol–water partition coefficient (Wildman–Crippen LogP) is 3.21. The van der Waals surface area contributed by atoms with Crippen LogP contribution in [0.5, 0.6) is 0 Å². The van der Waals surface area contributed by atoms with Gasteiger partial charge in [-0.2, -0.15) is 0 Å². The quantitative estimate of drug-likeness (QED) is 0.858. The van der Waals surface area contributed by atoms with Crippen LogP contribution in [-0.2, 0) is 0 Å². The molecule has 0 spiro atoms. The fourth-order valence-electron chi connectivity index (χ4n) is 2.96. The van der Waals surface area contributed by atoms with E-state index in [1.165, 1.54) is 37.9 Å². The molecule has 2 heteroatoms. The van der Waals surface area contributed by atoms with Gasteiger partial charge in [0.05, 0.1) is 0 Å². The maximum absolute atomic E-state index is 3.72. The molecule has 2 nitrogen and oxygen atoms in total. The molecular formula is C16H26N2. The summed E-state index contributed by atoms with van der Waals surface area (Å²) < 4.78 is 0. The van der Waals surface area contributed by atoms with Gasteiger partial charge in [0.2, 0.25) is 0 Å². The average molecular weight is 246 g/mol. The Hall–Kier alpha value is -0.860. The largest absolute Gasteiger partial charge is 0.311 e. The first-order valence-electron chi connectivity index (χ1n) is 7.37. The Balaban J connectivity index is 2.05. The molecule has 0 radical (unpaired) electrons. The Labute approximate surface area is 111 Å². The van der Waals surface area contributed by atoms with Gasteiger partial charge in [0, 0.05) is 25.2 Å². The summed E-state index contributed by atoms with van der Waals surface area (Å²) in [4.78, 5) is 2.66. The second-order valence-electron chi connectivity index (χ2n) is 5.32. The van der Waals surface area contributed by atoms with Gasteiger partial charge in [-0.1, -0.05) is 50.6 Å². The molecule has 2 rings (SSSR count). The number of hydrogen-bond acceptors (Lipinski definition) is 2. The third kappa shape index (κ3) is 3.33. The van der Waals surface area contributed by atoms with E-state index in [9.17, 15) is 0 Å². The summed E-state index contributed by atoms with van der Waals surface area (Å²) in [6.45, 7) is 8.05. The van der Waals surface area contributed by atoms with Crippen molar-refractivity contribution in [2.45, 2.75) is 45.2 Å². The predicted molar refractivity (Wildman–Crippen MR) is 77.7 cm³/mol. The molecule has 1 saturated heterocycles. The van der Waals surface area contributed by atoms with Crippen LogP contribution in [0, 0.1) is 0 Å². The highest BCUT2D eigenvalue weighted by atomic mass is 15.2. The van der Waals surface area contributed by atoms with E-state index in [-0.39, 0.29) is 0 Å². The smallest absolute Gasteiger partial charge is 0.0473 e. The third-order valence-corrected chi connectivity index (χ3v) is 3.83. The summed E-state index contributed by atoms with van der Waals surface area (Å²) in [5, 5.41) is 3.72. The van der Waals surface area contributed by atoms with Gasteiger partial charge in [-0.3, -0.25) is 4.90 Å². The Morgan fingerprint density at radius 3 is 2.61 bits per heavy atom. The van der Waals surface area contributed by atoms with Crippen LogP contribution in [0.25, 0.3) is 0 Å². The lowest BCUT2D eigenvalue weighted by atomic mass is 9.99. The van der Waals surface area contributed by atoms with E-state index in [1.807, 2.05) is 0 Å². The molecule has 1 heterocycles. The molecule has 0 aromatic heterocycles. The first-order valence-corrected chi connectivity index (χ1v) is 7.37. The van der Waals surface area contributed by atoms with Crippen molar-refractivity contribution in [3.05, 3.63) is 35.9 Å². The molecule has 100 valence electrons. The number of hydrogen-bond donors (Lipinski definition) is 1. The Morgan fingerprint density at radius 2 is 1.94 bits per heavy atom. The second-order valence-corrected chi connectivity index (χ2v) is 5.32. The van der Waals surface area contributed by atoms with Gasteiger partial charge in [0.1, 0.15) is 0 Å². The van der Waals surface area contributed by atoms with E-state index in [0.29, 0.717) is 12.1 Å². The highest BCUT2D eigenvalue weighted by Crippen LogP contribution is 2.24. The molecule has 0 aliphatic carbocycles. The topological polar surface area (TPSA) is 15.3 Å². The van der Waals surface area contributed by atoms with Crippen LogP contribution in [0.15, 0.2) is 30.3 Å². The molecule has 1 fully saturated rings. The zero-order valence-corrected chi connectivity index (χ0v) is 11.7. The van der Waals surface area contributed by atoms with E-state index in [2.05, 4.69) is 54.4 Å². The highest BCUT2D eigenvalue weighted by Gasteiger charge is 2.27. The van der Waals surface area contributed by atoms with Gasteiger partial charge in [-0.05, 0) is 24.9 Å². The molecule has 0 bridgehead atoms. The van der Waals surface area contributed by atoms with Crippen LogP contribution < -0.4 is 5.32 Å². The summed E-state index contributed by atoms with van der Waals surface area (Å²) in [5.41, 5.74) is 1.45. The maximum Gasteiger partial charge on any atom is 0.0473 e. The molecular weight excluding hydrogens is 220 g/mol. The lowest BCUT2D eigenvalue weighted by molar-refractivity contribution is 0.126. The number of benzene rings is 1. The zero-order chi connectivity index (χ0) is 12.8. The molecule has 1 aliphatic rings. The van der Waals surface area contributed by atoms with E-state index < -0.39 is 0 Å². The van der Waals surface area contributed by atoms with Gasteiger partial charge in [-0.25, -0.2) is 0 Å². The van der Waals surface area contributed by atoms with Crippen molar-refractivity contribution < 1.29 is 0 Å². The Kier molecular flexibility index (Phi) is 5.21. The number of piperazine rings is 1. The fourth-order valence-corrected chi connectivity index (χ4v) is 2.96. The number of nitrogens with one attached hydrogen (secondary N) is 1. The molecule has 2 unspecified atom stereocenters. The summed E-state index contributed by atoms with van der Waals surface area (Å²) in [7, 11) is 0. The lowest BCUT2D eigenvalue weighted by Gasteiger charge is -2.40. The molecule has 1 aromatic carbocycles. The SMILES string of the molecule is CCCC1CN(CCC)C(c2ccccc2)CN1. The van der Waals surface area contributed by atoms with Crippen LogP contribution in [0.4, 0.5) is 0 Å². The highest BCUT2D eigenvalue weighted by molar-refractivity contribution is 5.20. The van der Waals surface area contributed by atoms with Crippen molar-refractivity contribution in [3.8, 4) is 0 Å². The summed E-state index contributed by atoms with van der Waals surface area (Å²) in [6, 6.07) is 12.2. The molecule has 1 N–H and O–H groups in total. The number of rotatable bonds is 5. The fraction of sp³-hybridized carbons (Fsp3) is 0.625. The average Bonchev–Trinajstić information content (AvgIpc) is 2.41. The van der Waals surface area contributed by atoms with Crippen LogP contribution in [-0.4, -0.2) is 30.6 Å². The van der Waals surface area contributed by atoms with Gasteiger partial charge < -0.3 is 5.32 Å². The van der Waals surface area contributed by atoms with Gasteiger partial charge >= 0.3 is 0 Å². The Bertz CT molecular complexity index is 336. The van der Waals surface area contributed by atoms with Crippen LogP contribution in [0.1, 0.15) is 44.7 Å². The zero-order valence-electron chi connectivity index (χ0n) is 11.7. The van der Waals surface area contributed by atoms with Crippen molar-refractivity contribution >= 4 is 0 Å². The standard InChI is InChI=1S/C16H26N2/c1-3-8-15-13-18(11-4-2)16(12-17-15)14-9-6-5-7-10-14/h5-7,9-10,15-17H,3-4,8,11-13H2,1-2H3. The van der Waals surface area contributed by atoms with E-state index in [1.54, 1.807) is 0 Å². The molecule has 1 aliphatic heterocycles.